The molecule has 6 nitrogen and oxygen atoms in total. The van der Waals surface area contributed by atoms with Crippen LogP contribution in [0.4, 0.5) is 5.69 Å². The average Bonchev–Trinajstić information content (AvgIpc) is 3.32. The van der Waals surface area contributed by atoms with Gasteiger partial charge in [0.15, 0.2) is 18.1 Å². The molecule has 160 valence electrons. The third-order valence-electron chi connectivity index (χ3n) is 5.80. The molecule has 1 aromatic heterocycles. The van der Waals surface area contributed by atoms with E-state index in [-0.39, 0.29) is 18.1 Å². The summed E-state index contributed by atoms with van der Waals surface area (Å²) in [7, 11) is 0. The zero-order valence-electron chi connectivity index (χ0n) is 18.0. The third-order valence-corrected chi connectivity index (χ3v) is 5.80. The van der Waals surface area contributed by atoms with Gasteiger partial charge >= 0.3 is 0 Å². The number of para-hydroxylation sites is 2. The molecule has 0 spiro atoms. The van der Waals surface area contributed by atoms with Gasteiger partial charge < -0.3 is 19.4 Å². The van der Waals surface area contributed by atoms with E-state index in [1.807, 2.05) is 56.3 Å². The zero-order valence-corrected chi connectivity index (χ0v) is 18.0. The number of aryl methyl sites for hydroxylation is 2. The summed E-state index contributed by atoms with van der Waals surface area (Å²) >= 11 is 0. The normalized spacial score (nSPS) is 16.2. The molecular formula is C25H27N3O3. The maximum atomic E-state index is 12.7. The predicted octanol–water partition coefficient (Wildman–Crippen LogP) is 4.62. The van der Waals surface area contributed by atoms with Crippen molar-refractivity contribution in [1.29, 1.82) is 0 Å². The molecule has 1 amide bonds. The number of amides is 1. The first-order valence-electron chi connectivity index (χ1n) is 10.9. The van der Waals surface area contributed by atoms with Crippen LogP contribution in [-0.2, 0) is 24.2 Å². The van der Waals surface area contributed by atoms with Crippen LogP contribution in [0.25, 0.3) is 11.3 Å². The first-order valence-corrected chi connectivity index (χ1v) is 10.9. The molecule has 31 heavy (non-hydrogen) atoms. The SMILES string of the molecule is CC1(C)Cc2cccc(OCC(=O)Nc3ccccc3-c3cn4c(n3)CCCC4)c2O1. The lowest BCUT2D eigenvalue weighted by atomic mass is 10.0. The van der Waals surface area contributed by atoms with Crippen molar-refractivity contribution < 1.29 is 14.3 Å². The van der Waals surface area contributed by atoms with Gasteiger partial charge in [0.25, 0.3) is 5.91 Å². The van der Waals surface area contributed by atoms with E-state index in [4.69, 9.17) is 14.5 Å². The fourth-order valence-corrected chi connectivity index (χ4v) is 4.39. The van der Waals surface area contributed by atoms with E-state index in [1.54, 1.807) is 0 Å². The fraction of sp³-hybridized carbons (Fsp3) is 0.360. The molecule has 1 N–H and O–H groups in total. The first-order chi connectivity index (χ1) is 15.0. The van der Waals surface area contributed by atoms with Crippen molar-refractivity contribution in [2.75, 3.05) is 11.9 Å². The number of fused-ring (bicyclic) bond motifs is 2. The molecule has 6 heteroatoms. The molecule has 2 aromatic carbocycles. The molecule has 5 rings (SSSR count). The summed E-state index contributed by atoms with van der Waals surface area (Å²) in [5.74, 6) is 2.25. The molecule has 3 heterocycles. The summed E-state index contributed by atoms with van der Waals surface area (Å²) < 4.78 is 14.1. The number of hydrogen-bond acceptors (Lipinski definition) is 4. The molecule has 0 unspecified atom stereocenters. The van der Waals surface area contributed by atoms with Gasteiger partial charge in [-0.15, -0.1) is 0 Å². The van der Waals surface area contributed by atoms with Gasteiger partial charge in [-0.3, -0.25) is 4.79 Å². The van der Waals surface area contributed by atoms with Crippen LogP contribution in [0.2, 0.25) is 0 Å². The third kappa shape index (κ3) is 4.02. The van der Waals surface area contributed by atoms with Gasteiger partial charge in [0.2, 0.25) is 0 Å². The van der Waals surface area contributed by atoms with E-state index >= 15 is 0 Å². The number of rotatable bonds is 5. The van der Waals surface area contributed by atoms with Crippen molar-refractivity contribution in [2.45, 2.75) is 51.7 Å². The van der Waals surface area contributed by atoms with E-state index in [0.717, 1.165) is 53.5 Å². The zero-order chi connectivity index (χ0) is 21.4. The topological polar surface area (TPSA) is 65.4 Å². The monoisotopic (exact) mass is 417 g/mol. The molecular weight excluding hydrogens is 390 g/mol. The van der Waals surface area contributed by atoms with Gasteiger partial charge in [-0.25, -0.2) is 4.98 Å². The number of nitrogens with one attached hydrogen (secondary N) is 1. The highest BCUT2D eigenvalue weighted by Gasteiger charge is 2.32. The van der Waals surface area contributed by atoms with Crippen molar-refractivity contribution >= 4 is 11.6 Å². The standard InChI is InChI=1S/C25H27N3O3/c1-25(2)14-17-8-7-11-21(24(17)31-25)30-16-23(29)27-19-10-4-3-9-18(19)20-15-28-13-6-5-12-22(28)26-20/h3-4,7-11,15H,5-6,12-14,16H2,1-2H3,(H,27,29). The summed E-state index contributed by atoms with van der Waals surface area (Å²) in [5.41, 5.74) is 3.40. The minimum absolute atomic E-state index is 0.0890. The van der Waals surface area contributed by atoms with Crippen LogP contribution in [-0.4, -0.2) is 27.7 Å². The highest BCUT2D eigenvalue weighted by molar-refractivity contribution is 5.96. The van der Waals surface area contributed by atoms with Crippen molar-refractivity contribution in [3.63, 3.8) is 0 Å². The highest BCUT2D eigenvalue weighted by Crippen LogP contribution is 2.41. The summed E-state index contributed by atoms with van der Waals surface area (Å²) in [6.45, 7) is 5.02. The number of benzene rings is 2. The Morgan fingerprint density at radius 2 is 2.06 bits per heavy atom. The van der Waals surface area contributed by atoms with Gasteiger partial charge in [-0.2, -0.15) is 0 Å². The molecule has 3 aromatic rings. The second kappa shape index (κ2) is 7.76. The Morgan fingerprint density at radius 1 is 1.19 bits per heavy atom. The molecule has 2 aliphatic rings. The summed E-state index contributed by atoms with van der Waals surface area (Å²) in [5, 5.41) is 2.99. The maximum absolute atomic E-state index is 12.7. The molecule has 0 radical (unpaired) electrons. The summed E-state index contributed by atoms with van der Waals surface area (Å²) in [6, 6.07) is 13.6. The van der Waals surface area contributed by atoms with Gasteiger partial charge in [0.1, 0.15) is 11.4 Å². The minimum Gasteiger partial charge on any atom is -0.483 e. The average molecular weight is 418 g/mol. The number of imidazole rings is 1. The smallest absolute Gasteiger partial charge is 0.262 e. The molecule has 0 atom stereocenters. The Hall–Kier alpha value is -3.28. The van der Waals surface area contributed by atoms with Crippen molar-refractivity contribution in [3.8, 4) is 22.8 Å². The Bertz CT molecular complexity index is 1110. The first kappa shape index (κ1) is 19.7. The quantitative estimate of drug-likeness (QED) is 0.658. The van der Waals surface area contributed by atoms with Gasteiger partial charge in [0.05, 0.1) is 11.4 Å². The molecule has 0 saturated heterocycles. The van der Waals surface area contributed by atoms with E-state index in [0.29, 0.717) is 5.75 Å². The number of carbonyl (C=O) groups excluding carboxylic acids is 1. The molecule has 0 bridgehead atoms. The van der Waals surface area contributed by atoms with Crippen LogP contribution in [0.1, 0.15) is 38.1 Å². The Kier molecular flexibility index (Phi) is 4.93. The number of anilines is 1. The lowest BCUT2D eigenvalue weighted by Gasteiger charge is -2.18. The van der Waals surface area contributed by atoms with E-state index < -0.39 is 0 Å². The van der Waals surface area contributed by atoms with Crippen LogP contribution in [0.3, 0.4) is 0 Å². The van der Waals surface area contributed by atoms with Crippen LogP contribution in [0.5, 0.6) is 11.5 Å². The van der Waals surface area contributed by atoms with Crippen molar-refractivity contribution in [3.05, 3.63) is 60.0 Å². The number of carbonyl (C=O) groups is 1. The van der Waals surface area contributed by atoms with Crippen LogP contribution < -0.4 is 14.8 Å². The molecule has 0 fully saturated rings. The van der Waals surface area contributed by atoms with Crippen LogP contribution >= 0.6 is 0 Å². The minimum atomic E-state index is -0.257. The van der Waals surface area contributed by atoms with Crippen molar-refractivity contribution in [2.24, 2.45) is 0 Å². The summed E-state index contributed by atoms with van der Waals surface area (Å²) in [6.07, 6.45) is 6.28. The summed E-state index contributed by atoms with van der Waals surface area (Å²) in [4.78, 5) is 17.5. The molecule has 0 aliphatic carbocycles. The maximum Gasteiger partial charge on any atom is 0.262 e. The van der Waals surface area contributed by atoms with E-state index in [2.05, 4.69) is 16.1 Å². The van der Waals surface area contributed by atoms with Crippen molar-refractivity contribution in [1.82, 2.24) is 9.55 Å². The highest BCUT2D eigenvalue weighted by atomic mass is 16.5. The Balaban J connectivity index is 1.29. The van der Waals surface area contributed by atoms with Crippen LogP contribution in [0.15, 0.2) is 48.7 Å². The number of nitrogens with zero attached hydrogens (tertiary/aromatic N) is 2. The Labute approximate surface area is 182 Å². The number of hydrogen-bond donors (Lipinski definition) is 1. The molecule has 0 saturated carbocycles. The van der Waals surface area contributed by atoms with Gasteiger partial charge in [0, 0.05) is 36.7 Å². The lowest BCUT2D eigenvalue weighted by Crippen LogP contribution is -2.25. The van der Waals surface area contributed by atoms with Gasteiger partial charge in [-0.05, 0) is 38.8 Å². The second-order valence-electron chi connectivity index (χ2n) is 8.86. The number of aromatic nitrogens is 2. The second-order valence-corrected chi connectivity index (χ2v) is 8.86. The number of ether oxygens (including phenoxy) is 2. The largest absolute Gasteiger partial charge is 0.483 e. The van der Waals surface area contributed by atoms with E-state index in [9.17, 15) is 4.79 Å². The lowest BCUT2D eigenvalue weighted by molar-refractivity contribution is -0.118. The predicted molar refractivity (Wildman–Crippen MR) is 120 cm³/mol. The van der Waals surface area contributed by atoms with Gasteiger partial charge in [-0.1, -0.05) is 30.3 Å². The fourth-order valence-electron chi connectivity index (χ4n) is 4.39. The Morgan fingerprint density at radius 3 is 2.94 bits per heavy atom. The van der Waals surface area contributed by atoms with E-state index in [1.165, 1.54) is 12.8 Å². The van der Waals surface area contributed by atoms with Crippen LogP contribution in [0, 0.1) is 0 Å². The molecule has 2 aliphatic heterocycles.